The van der Waals surface area contributed by atoms with Crippen LogP contribution in [0.2, 0.25) is 10.0 Å². The van der Waals surface area contributed by atoms with Gasteiger partial charge in [-0.05, 0) is 24.6 Å². The lowest BCUT2D eigenvalue weighted by Gasteiger charge is -2.25. The predicted octanol–water partition coefficient (Wildman–Crippen LogP) is 2.24. The molecule has 0 aromatic heterocycles. The molecule has 1 aliphatic heterocycles. The van der Waals surface area contributed by atoms with Crippen LogP contribution in [0.15, 0.2) is 23.2 Å². The molecule has 1 fully saturated rings. The molecule has 3 N–H and O–H groups in total. The summed E-state index contributed by atoms with van der Waals surface area (Å²) in [6.07, 6.45) is 0. The van der Waals surface area contributed by atoms with Crippen LogP contribution in [0.5, 0.6) is 0 Å². The minimum absolute atomic E-state index is 0. The Balaban J connectivity index is 0.00000338. The Kier molecular flexibility index (Phi) is 9.91. The Bertz CT molecular complexity index is 728. The maximum atomic E-state index is 12.2. The van der Waals surface area contributed by atoms with Crippen molar-refractivity contribution >= 4 is 63.2 Å². The van der Waals surface area contributed by atoms with Gasteiger partial charge in [0, 0.05) is 23.1 Å². The Morgan fingerprint density at radius 2 is 2.04 bits per heavy atom. The van der Waals surface area contributed by atoms with E-state index in [1.54, 1.807) is 18.2 Å². The molecule has 1 unspecified atom stereocenters. The highest BCUT2D eigenvalue weighted by Gasteiger charge is 2.23. The van der Waals surface area contributed by atoms with Gasteiger partial charge in [-0.2, -0.15) is 4.31 Å². The average Bonchev–Trinajstić information content (AvgIpc) is 2.55. The summed E-state index contributed by atoms with van der Waals surface area (Å²) in [7, 11) is -3.34. The van der Waals surface area contributed by atoms with Crippen molar-refractivity contribution in [3.05, 3.63) is 33.8 Å². The smallest absolute Gasteiger partial charge is 0.216 e. The van der Waals surface area contributed by atoms with Crippen LogP contribution in [-0.2, 0) is 14.8 Å². The number of morpholine rings is 1. The summed E-state index contributed by atoms with van der Waals surface area (Å²) in [6.45, 7) is 3.57. The third kappa shape index (κ3) is 7.01. The second-order valence-electron chi connectivity index (χ2n) is 5.63. The van der Waals surface area contributed by atoms with Gasteiger partial charge in [0.2, 0.25) is 10.0 Å². The van der Waals surface area contributed by atoms with Gasteiger partial charge in [-0.15, -0.1) is 24.0 Å². The van der Waals surface area contributed by atoms with E-state index in [-0.39, 0.29) is 48.3 Å². The van der Waals surface area contributed by atoms with Gasteiger partial charge in [0.15, 0.2) is 5.96 Å². The molecule has 0 amide bonds. The van der Waals surface area contributed by atoms with Gasteiger partial charge in [-0.25, -0.2) is 8.42 Å². The zero-order valence-electron chi connectivity index (χ0n) is 14.3. The van der Waals surface area contributed by atoms with E-state index in [4.69, 9.17) is 33.7 Å². The van der Waals surface area contributed by atoms with Gasteiger partial charge in [-0.1, -0.05) is 29.3 Å². The number of guanidine groups is 1. The molecule has 11 heteroatoms. The SMILES string of the molecule is CC(NC(N)=NCCS(=O)(=O)N1CCOCC1)c1ccc(Cl)cc1Cl.I. The van der Waals surface area contributed by atoms with Crippen molar-refractivity contribution in [3.8, 4) is 0 Å². The number of aliphatic imine (C=N–C) groups is 1. The molecule has 1 saturated heterocycles. The largest absolute Gasteiger partial charge is 0.379 e. The summed E-state index contributed by atoms with van der Waals surface area (Å²) in [4.78, 5) is 4.09. The van der Waals surface area contributed by atoms with Crippen molar-refractivity contribution in [1.29, 1.82) is 0 Å². The minimum Gasteiger partial charge on any atom is -0.379 e. The molecule has 0 aliphatic carbocycles. The summed E-state index contributed by atoms with van der Waals surface area (Å²) in [6, 6.07) is 5.00. The number of nitrogens with one attached hydrogen (secondary N) is 1. The highest BCUT2D eigenvalue weighted by molar-refractivity contribution is 14.0. The zero-order valence-corrected chi connectivity index (χ0v) is 19.0. The first-order chi connectivity index (χ1) is 11.8. The predicted molar refractivity (Wildman–Crippen MR) is 116 cm³/mol. The molecule has 148 valence electrons. The zero-order chi connectivity index (χ0) is 18.4. The number of hydrogen-bond donors (Lipinski definition) is 2. The Labute approximate surface area is 181 Å². The molecular weight excluding hydrogens is 514 g/mol. The number of nitrogens with two attached hydrogens (primary N) is 1. The highest BCUT2D eigenvalue weighted by Crippen LogP contribution is 2.25. The van der Waals surface area contributed by atoms with Crippen molar-refractivity contribution in [1.82, 2.24) is 9.62 Å². The van der Waals surface area contributed by atoms with Crippen molar-refractivity contribution in [2.24, 2.45) is 10.7 Å². The van der Waals surface area contributed by atoms with Gasteiger partial charge in [-0.3, -0.25) is 4.99 Å². The number of sulfonamides is 1. The lowest BCUT2D eigenvalue weighted by molar-refractivity contribution is 0.0731. The average molecular weight is 537 g/mol. The van der Waals surface area contributed by atoms with Gasteiger partial charge in [0.05, 0.1) is 31.6 Å². The van der Waals surface area contributed by atoms with Crippen LogP contribution in [0, 0.1) is 0 Å². The van der Waals surface area contributed by atoms with Crippen LogP contribution >= 0.6 is 47.2 Å². The fraction of sp³-hybridized carbons (Fsp3) is 0.533. The van der Waals surface area contributed by atoms with E-state index < -0.39 is 10.0 Å². The minimum atomic E-state index is -3.34. The molecule has 2 rings (SSSR count). The van der Waals surface area contributed by atoms with Crippen molar-refractivity contribution < 1.29 is 13.2 Å². The summed E-state index contributed by atoms with van der Waals surface area (Å²) in [5, 5.41) is 4.07. The van der Waals surface area contributed by atoms with Gasteiger partial charge < -0.3 is 15.8 Å². The molecule has 26 heavy (non-hydrogen) atoms. The summed E-state index contributed by atoms with van der Waals surface area (Å²) in [5.41, 5.74) is 6.67. The number of halogens is 3. The summed E-state index contributed by atoms with van der Waals surface area (Å²) in [5.74, 6) is 0.0709. The molecule has 1 aromatic carbocycles. The van der Waals surface area contributed by atoms with Crippen LogP contribution in [0.3, 0.4) is 0 Å². The molecule has 0 radical (unpaired) electrons. The molecule has 0 bridgehead atoms. The maximum absolute atomic E-state index is 12.2. The quantitative estimate of drug-likeness (QED) is 0.330. The maximum Gasteiger partial charge on any atom is 0.216 e. The van der Waals surface area contributed by atoms with Crippen LogP contribution < -0.4 is 11.1 Å². The molecule has 1 aromatic rings. The number of benzene rings is 1. The Morgan fingerprint density at radius 3 is 2.65 bits per heavy atom. The second kappa shape index (κ2) is 10.9. The van der Waals surface area contributed by atoms with Crippen molar-refractivity contribution in [2.45, 2.75) is 13.0 Å². The van der Waals surface area contributed by atoms with Crippen LogP contribution in [0.25, 0.3) is 0 Å². The first-order valence-corrected chi connectivity index (χ1v) is 10.2. The van der Waals surface area contributed by atoms with Gasteiger partial charge in [0.25, 0.3) is 0 Å². The van der Waals surface area contributed by atoms with Crippen LogP contribution in [0.4, 0.5) is 0 Å². The van der Waals surface area contributed by atoms with E-state index in [2.05, 4.69) is 10.3 Å². The summed E-state index contributed by atoms with van der Waals surface area (Å²) < 4.78 is 31.0. The van der Waals surface area contributed by atoms with Crippen LogP contribution in [0.1, 0.15) is 18.5 Å². The number of ether oxygens (including phenoxy) is 1. The van der Waals surface area contributed by atoms with E-state index in [9.17, 15) is 8.42 Å². The van der Waals surface area contributed by atoms with E-state index in [1.165, 1.54) is 4.31 Å². The first-order valence-electron chi connectivity index (χ1n) is 7.86. The number of hydrogen-bond acceptors (Lipinski definition) is 4. The molecular formula is C15H23Cl2IN4O3S. The lowest BCUT2D eigenvalue weighted by atomic mass is 10.1. The normalized spacial score (nSPS) is 17.4. The van der Waals surface area contributed by atoms with E-state index in [0.717, 1.165) is 5.56 Å². The second-order valence-corrected chi connectivity index (χ2v) is 8.56. The third-order valence-electron chi connectivity index (χ3n) is 3.79. The molecule has 7 nitrogen and oxygen atoms in total. The summed E-state index contributed by atoms with van der Waals surface area (Å²) >= 11 is 12.0. The monoisotopic (exact) mass is 536 g/mol. The third-order valence-corrected chi connectivity index (χ3v) is 6.20. The highest BCUT2D eigenvalue weighted by atomic mass is 127. The first kappa shape index (κ1) is 23.7. The Morgan fingerprint density at radius 1 is 1.38 bits per heavy atom. The van der Waals surface area contributed by atoms with Crippen LogP contribution in [-0.4, -0.2) is 57.3 Å². The lowest BCUT2D eigenvalue weighted by Crippen LogP contribution is -2.42. The van der Waals surface area contributed by atoms with E-state index in [1.807, 2.05) is 6.92 Å². The standard InChI is InChI=1S/C15H22Cl2N4O3S.HI/c1-11(13-3-2-12(16)10-14(13)17)20-15(18)19-4-9-25(22,23)21-5-7-24-8-6-21;/h2-3,10-11H,4-9H2,1H3,(H3,18,19,20);1H. The molecule has 1 atom stereocenters. The number of nitrogens with zero attached hydrogens (tertiary/aromatic N) is 2. The Hall–Kier alpha value is -0.330. The van der Waals surface area contributed by atoms with Crippen molar-refractivity contribution in [2.75, 3.05) is 38.6 Å². The van der Waals surface area contributed by atoms with E-state index >= 15 is 0 Å². The fourth-order valence-corrected chi connectivity index (χ4v) is 4.29. The molecule has 1 heterocycles. The van der Waals surface area contributed by atoms with Gasteiger partial charge >= 0.3 is 0 Å². The fourth-order valence-electron chi connectivity index (χ4n) is 2.43. The van der Waals surface area contributed by atoms with Gasteiger partial charge in [0.1, 0.15) is 0 Å². The number of rotatable bonds is 6. The van der Waals surface area contributed by atoms with Crippen molar-refractivity contribution in [3.63, 3.8) is 0 Å². The topological polar surface area (TPSA) is 97.0 Å². The molecule has 0 spiro atoms. The van der Waals surface area contributed by atoms with E-state index in [0.29, 0.717) is 36.3 Å². The molecule has 0 saturated carbocycles. The molecule has 1 aliphatic rings.